The number of carbonyl (C=O) groups excluding carboxylic acids is 1. The van der Waals surface area contributed by atoms with Gasteiger partial charge < -0.3 is 4.90 Å². The van der Waals surface area contributed by atoms with E-state index < -0.39 is 17.6 Å². The minimum atomic E-state index is -4.49. The number of benzene rings is 2. The largest absolute Gasteiger partial charge is 0.416 e. The van der Waals surface area contributed by atoms with E-state index >= 15 is 0 Å². The minimum Gasteiger partial charge on any atom is -0.372 e. The van der Waals surface area contributed by atoms with E-state index in [4.69, 9.17) is 0 Å². The lowest BCUT2D eigenvalue weighted by molar-refractivity contribution is -0.137. The van der Waals surface area contributed by atoms with Crippen LogP contribution >= 0.6 is 0 Å². The predicted octanol–water partition coefficient (Wildman–Crippen LogP) is 4.77. The van der Waals surface area contributed by atoms with Crippen LogP contribution in [0, 0.1) is 6.92 Å². The normalized spacial score (nSPS) is 15.1. The first kappa shape index (κ1) is 19.9. The number of rotatable bonds is 4. The minimum absolute atomic E-state index is 0.0934. The van der Waals surface area contributed by atoms with Crippen molar-refractivity contribution < 1.29 is 18.0 Å². The number of nitrogens with zero attached hydrogens (tertiary/aromatic N) is 2. The van der Waals surface area contributed by atoms with Crippen LogP contribution < -0.4 is 10.3 Å². The fourth-order valence-corrected chi connectivity index (χ4v) is 3.22. The Labute approximate surface area is 162 Å². The first-order valence-electron chi connectivity index (χ1n) is 9.21. The van der Waals surface area contributed by atoms with Crippen molar-refractivity contribution in [2.45, 2.75) is 32.4 Å². The van der Waals surface area contributed by atoms with Crippen LogP contribution in [0.3, 0.4) is 0 Å². The molecule has 1 aliphatic heterocycles. The van der Waals surface area contributed by atoms with E-state index in [1.165, 1.54) is 43.3 Å². The van der Waals surface area contributed by atoms with Crippen LogP contribution in [0.15, 0.2) is 47.6 Å². The van der Waals surface area contributed by atoms with Gasteiger partial charge in [-0.1, -0.05) is 12.1 Å². The highest BCUT2D eigenvalue weighted by Gasteiger charge is 2.30. The molecule has 1 N–H and O–H groups in total. The zero-order valence-corrected chi connectivity index (χ0v) is 15.6. The number of carbonyl (C=O) groups is 1. The Balaban J connectivity index is 1.65. The van der Waals surface area contributed by atoms with Crippen molar-refractivity contribution in [3.05, 3.63) is 64.7 Å². The number of halogens is 3. The molecule has 4 nitrogen and oxygen atoms in total. The van der Waals surface area contributed by atoms with Gasteiger partial charge in [0.05, 0.1) is 11.8 Å². The molecule has 0 unspecified atom stereocenters. The third-order valence-electron chi connectivity index (χ3n) is 4.80. The average Bonchev–Trinajstić information content (AvgIpc) is 2.69. The van der Waals surface area contributed by atoms with Crippen LogP contribution in [0.25, 0.3) is 0 Å². The highest BCUT2D eigenvalue weighted by molar-refractivity contribution is 5.95. The van der Waals surface area contributed by atoms with Crippen molar-refractivity contribution in [1.29, 1.82) is 0 Å². The summed E-state index contributed by atoms with van der Waals surface area (Å²) in [6.45, 7) is 4.07. The molecule has 0 aliphatic carbocycles. The molecule has 0 aromatic heterocycles. The van der Waals surface area contributed by atoms with E-state index in [2.05, 4.69) is 21.5 Å². The van der Waals surface area contributed by atoms with E-state index in [1.54, 1.807) is 0 Å². The summed E-state index contributed by atoms with van der Waals surface area (Å²) >= 11 is 0. The zero-order valence-electron chi connectivity index (χ0n) is 15.6. The molecular weight excluding hydrogens is 367 g/mol. The predicted molar refractivity (Wildman–Crippen MR) is 104 cm³/mol. The van der Waals surface area contributed by atoms with Crippen molar-refractivity contribution in [3.8, 4) is 0 Å². The van der Waals surface area contributed by atoms with Gasteiger partial charge >= 0.3 is 6.18 Å². The second kappa shape index (κ2) is 8.46. The van der Waals surface area contributed by atoms with Crippen molar-refractivity contribution in [2.24, 2.45) is 5.10 Å². The average molecular weight is 389 g/mol. The second-order valence-electron chi connectivity index (χ2n) is 6.87. The SMILES string of the molecule is Cc1cc(N2CCCCC2)ccc1C=NNC(=O)c1cccc(C(F)(F)F)c1. The summed E-state index contributed by atoms with van der Waals surface area (Å²) in [4.78, 5) is 14.4. The Morgan fingerprint density at radius 1 is 1.11 bits per heavy atom. The van der Waals surface area contributed by atoms with E-state index in [1.807, 2.05) is 19.1 Å². The Bertz CT molecular complexity index is 871. The molecule has 0 radical (unpaired) electrons. The molecule has 0 bridgehead atoms. The fraction of sp³-hybridized carbons (Fsp3) is 0.333. The topological polar surface area (TPSA) is 44.7 Å². The number of amides is 1. The summed E-state index contributed by atoms with van der Waals surface area (Å²) < 4.78 is 38.3. The maximum Gasteiger partial charge on any atom is 0.416 e. The van der Waals surface area contributed by atoms with Gasteiger partial charge in [-0.15, -0.1) is 0 Å². The number of hydrazone groups is 1. The highest BCUT2D eigenvalue weighted by Crippen LogP contribution is 2.29. The van der Waals surface area contributed by atoms with E-state index in [9.17, 15) is 18.0 Å². The molecule has 1 amide bonds. The van der Waals surface area contributed by atoms with Crippen LogP contribution in [-0.4, -0.2) is 25.2 Å². The lowest BCUT2D eigenvalue weighted by atomic mass is 10.1. The number of aryl methyl sites for hydroxylation is 1. The smallest absolute Gasteiger partial charge is 0.372 e. The molecule has 2 aromatic rings. The molecule has 0 saturated carbocycles. The first-order chi connectivity index (χ1) is 13.3. The van der Waals surface area contributed by atoms with Gasteiger partial charge in [0.1, 0.15) is 0 Å². The number of nitrogens with one attached hydrogen (secondary N) is 1. The maximum absolute atomic E-state index is 12.8. The Kier molecular flexibility index (Phi) is 6.02. The van der Waals surface area contributed by atoms with Gasteiger partial charge in [0.15, 0.2) is 0 Å². The van der Waals surface area contributed by atoms with Crippen LogP contribution in [-0.2, 0) is 6.18 Å². The van der Waals surface area contributed by atoms with Crippen molar-refractivity contribution in [3.63, 3.8) is 0 Å². The van der Waals surface area contributed by atoms with E-state index in [0.717, 1.165) is 36.3 Å². The zero-order chi connectivity index (χ0) is 20.1. The lowest BCUT2D eigenvalue weighted by Crippen LogP contribution is -2.29. The number of hydrogen-bond donors (Lipinski definition) is 1. The molecule has 2 aromatic carbocycles. The lowest BCUT2D eigenvalue weighted by Gasteiger charge is -2.29. The molecule has 1 saturated heterocycles. The first-order valence-corrected chi connectivity index (χ1v) is 9.21. The number of hydrogen-bond acceptors (Lipinski definition) is 3. The summed E-state index contributed by atoms with van der Waals surface area (Å²) in [7, 11) is 0. The molecule has 3 rings (SSSR count). The third kappa shape index (κ3) is 4.91. The van der Waals surface area contributed by atoms with Crippen molar-refractivity contribution in [2.75, 3.05) is 18.0 Å². The summed E-state index contributed by atoms with van der Waals surface area (Å²) in [5, 5.41) is 3.89. The van der Waals surface area contributed by atoms with Gasteiger partial charge in [-0.05, 0) is 67.6 Å². The van der Waals surface area contributed by atoms with Gasteiger partial charge in [0, 0.05) is 24.3 Å². The monoisotopic (exact) mass is 389 g/mol. The Morgan fingerprint density at radius 2 is 1.86 bits per heavy atom. The van der Waals surface area contributed by atoms with E-state index in [-0.39, 0.29) is 5.56 Å². The fourth-order valence-electron chi connectivity index (χ4n) is 3.22. The number of alkyl halides is 3. The maximum atomic E-state index is 12.8. The van der Waals surface area contributed by atoms with Crippen LogP contribution in [0.4, 0.5) is 18.9 Å². The van der Waals surface area contributed by atoms with Crippen molar-refractivity contribution in [1.82, 2.24) is 5.43 Å². The van der Waals surface area contributed by atoms with Gasteiger partial charge in [-0.25, -0.2) is 5.43 Å². The molecule has 1 fully saturated rings. The quantitative estimate of drug-likeness (QED) is 0.605. The second-order valence-corrected chi connectivity index (χ2v) is 6.87. The Morgan fingerprint density at radius 3 is 2.54 bits per heavy atom. The molecule has 148 valence electrons. The van der Waals surface area contributed by atoms with Gasteiger partial charge in [-0.3, -0.25) is 4.79 Å². The molecule has 1 heterocycles. The van der Waals surface area contributed by atoms with E-state index in [0.29, 0.717) is 0 Å². The van der Waals surface area contributed by atoms with Crippen LogP contribution in [0.1, 0.15) is 46.3 Å². The van der Waals surface area contributed by atoms with Gasteiger partial charge in [0.25, 0.3) is 5.91 Å². The van der Waals surface area contributed by atoms with Gasteiger partial charge in [0.2, 0.25) is 0 Å². The molecule has 0 spiro atoms. The molecule has 0 atom stereocenters. The number of anilines is 1. The summed E-state index contributed by atoms with van der Waals surface area (Å²) in [6, 6.07) is 10.3. The Hall–Kier alpha value is -2.83. The molecule has 7 heteroatoms. The molecule has 28 heavy (non-hydrogen) atoms. The standard InChI is InChI=1S/C21H22F3N3O/c1-15-12-19(27-10-3-2-4-11-27)9-8-17(15)14-25-26-20(28)16-6-5-7-18(13-16)21(22,23)24/h5-9,12-14H,2-4,10-11H2,1H3,(H,26,28). The summed E-state index contributed by atoms with van der Waals surface area (Å²) in [5.41, 5.74) is 4.34. The molecular formula is C21H22F3N3O. The molecule has 1 aliphatic rings. The van der Waals surface area contributed by atoms with Gasteiger partial charge in [-0.2, -0.15) is 18.3 Å². The highest BCUT2D eigenvalue weighted by atomic mass is 19.4. The summed E-state index contributed by atoms with van der Waals surface area (Å²) in [6.07, 6.45) is 0.674. The third-order valence-corrected chi connectivity index (χ3v) is 4.80. The van der Waals surface area contributed by atoms with Crippen LogP contribution in [0.2, 0.25) is 0 Å². The van der Waals surface area contributed by atoms with Crippen LogP contribution in [0.5, 0.6) is 0 Å². The van der Waals surface area contributed by atoms with Crippen molar-refractivity contribution >= 4 is 17.8 Å². The number of piperidine rings is 1. The summed E-state index contributed by atoms with van der Waals surface area (Å²) in [5.74, 6) is -0.690.